The van der Waals surface area contributed by atoms with Crippen LogP contribution in [-0.2, 0) is 12.3 Å². The number of benzene rings is 7. The van der Waals surface area contributed by atoms with Crippen molar-refractivity contribution in [2.45, 2.75) is 12.3 Å². The highest BCUT2D eigenvalue weighted by Crippen LogP contribution is 2.61. The first-order valence-electron chi connectivity index (χ1n) is 16.1. The number of hydrogen-bond donors (Lipinski definition) is 0. The normalized spacial score (nSPS) is 11.7. The van der Waals surface area contributed by atoms with E-state index in [0.717, 1.165) is 17.3 Å². The van der Waals surface area contributed by atoms with Crippen LogP contribution < -0.4 is 31.8 Å². The van der Waals surface area contributed by atoms with E-state index >= 15 is 0 Å². The van der Waals surface area contributed by atoms with Crippen LogP contribution in [0.4, 0.5) is 0 Å². The van der Waals surface area contributed by atoms with Gasteiger partial charge >= 0.3 is 0 Å². The summed E-state index contributed by atoms with van der Waals surface area (Å²) in [4.78, 5) is 0. The molecule has 0 nitrogen and oxygen atoms in total. The summed E-state index contributed by atoms with van der Waals surface area (Å²) < 4.78 is 0. The van der Waals surface area contributed by atoms with Gasteiger partial charge in [0.1, 0.15) is 46.4 Å². The molecule has 47 heavy (non-hydrogen) atoms. The molecule has 0 heterocycles. The Labute approximate surface area is 285 Å². The molecular formula is C44H37ClP2+2. The smallest absolute Gasteiger partial charge is 0.0834 e. The molecule has 0 bridgehead atoms. The summed E-state index contributed by atoms with van der Waals surface area (Å²) in [6, 6.07) is 73.2. The average molecular weight is 663 g/mol. The first-order chi connectivity index (χ1) is 23.2. The second-order valence-electron chi connectivity index (χ2n) is 11.8. The molecule has 0 radical (unpaired) electrons. The minimum Gasteiger partial charge on any atom is -0.0834 e. The molecule has 0 atom stereocenters. The van der Waals surface area contributed by atoms with Crippen molar-refractivity contribution < 1.29 is 0 Å². The molecule has 0 saturated heterocycles. The van der Waals surface area contributed by atoms with Crippen molar-refractivity contribution in [1.82, 2.24) is 0 Å². The van der Waals surface area contributed by atoms with Crippen molar-refractivity contribution in [3.05, 3.63) is 216 Å². The third-order valence-electron chi connectivity index (χ3n) is 9.16. The van der Waals surface area contributed by atoms with Gasteiger partial charge in [0.25, 0.3) is 0 Å². The van der Waals surface area contributed by atoms with Gasteiger partial charge in [0.2, 0.25) is 0 Å². The van der Waals surface area contributed by atoms with E-state index < -0.39 is 14.5 Å². The highest BCUT2D eigenvalue weighted by atomic mass is 35.5. The fourth-order valence-corrected chi connectivity index (χ4v) is 15.9. The summed E-state index contributed by atoms with van der Waals surface area (Å²) in [6.07, 6.45) is 1.68. The van der Waals surface area contributed by atoms with E-state index in [0.29, 0.717) is 0 Å². The predicted molar refractivity (Wildman–Crippen MR) is 209 cm³/mol. The molecule has 0 fully saturated rings. The van der Waals surface area contributed by atoms with Crippen LogP contribution >= 0.6 is 26.1 Å². The van der Waals surface area contributed by atoms with Crippen LogP contribution in [0, 0.1) is 0 Å². The Morgan fingerprint density at radius 3 is 0.702 bits per heavy atom. The van der Waals surface area contributed by atoms with E-state index in [4.69, 9.17) is 11.6 Å². The Morgan fingerprint density at radius 2 is 0.489 bits per heavy atom. The van der Waals surface area contributed by atoms with Gasteiger partial charge in [-0.15, -0.1) is 0 Å². The summed E-state index contributed by atoms with van der Waals surface area (Å²) >= 11 is 7.68. The molecule has 7 aromatic carbocycles. The number of halogens is 1. The van der Waals surface area contributed by atoms with Crippen LogP contribution in [0.5, 0.6) is 0 Å². The highest BCUT2D eigenvalue weighted by molar-refractivity contribution is 7.95. The summed E-state index contributed by atoms with van der Waals surface area (Å²) in [7, 11) is -4.25. The van der Waals surface area contributed by atoms with Crippen molar-refractivity contribution >= 4 is 58.0 Å². The predicted octanol–water partition coefficient (Wildman–Crippen LogP) is 9.33. The fraction of sp³-hybridized carbons (Fsp3) is 0.0455. The Morgan fingerprint density at radius 1 is 0.277 bits per heavy atom. The monoisotopic (exact) mass is 662 g/mol. The first-order valence-corrected chi connectivity index (χ1v) is 20.4. The molecule has 0 aliphatic rings. The van der Waals surface area contributed by atoms with Crippen LogP contribution in [0.25, 0.3) is 0 Å². The van der Waals surface area contributed by atoms with E-state index in [-0.39, 0.29) is 0 Å². The zero-order chi connectivity index (χ0) is 31.9. The molecule has 0 unspecified atom stereocenters. The summed E-state index contributed by atoms with van der Waals surface area (Å²) in [5.74, 6) is 0. The Balaban J connectivity index is 1.43. The number of rotatable bonds is 10. The lowest BCUT2D eigenvalue weighted by molar-refractivity contribution is 1.31. The maximum Gasteiger partial charge on any atom is 0.116 e. The third kappa shape index (κ3) is 6.11. The SMILES string of the molecule is Clc1c(C[P+](c2ccccc2)(c2ccccc2)c2ccccc2)cccc1C[P+](c1ccccc1)(c1ccccc1)c1ccccc1. The van der Waals surface area contributed by atoms with Gasteiger partial charge in [-0.3, -0.25) is 0 Å². The lowest BCUT2D eigenvalue weighted by Gasteiger charge is -2.30. The Hall–Kier alpha value is -4.31. The van der Waals surface area contributed by atoms with E-state index in [2.05, 4.69) is 200 Å². The van der Waals surface area contributed by atoms with Crippen LogP contribution in [0.1, 0.15) is 11.1 Å². The van der Waals surface area contributed by atoms with Crippen LogP contribution in [0.3, 0.4) is 0 Å². The molecule has 0 aliphatic carbocycles. The van der Waals surface area contributed by atoms with Crippen LogP contribution in [0.15, 0.2) is 200 Å². The van der Waals surface area contributed by atoms with Gasteiger partial charge in [-0.05, 0) is 72.8 Å². The molecule has 0 aromatic heterocycles. The van der Waals surface area contributed by atoms with Gasteiger partial charge in [0.15, 0.2) is 0 Å². The van der Waals surface area contributed by atoms with Gasteiger partial charge in [-0.25, -0.2) is 0 Å². The lowest BCUT2D eigenvalue weighted by Crippen LogP contribution is -2.33. The van der Waals surface area contributed by atoms with Crippen LogP contribution in [-0.4, -0.2) is 0 Å². The topological polar surface area (TPSA) is 0 Å². The van der Waals surface area contributed by atoms with E-state index in [1.165, 1.54) is 43.0 Å². The summed E-state index contributed by atoms with van der Waals surface area (Å²) in [6.45, 7) is 0. The second kappa shape index (κ2) is 14.2. The molecule has 0 spiro atoms. The van der Waals surface area contributed by atoms with Gasteiger partial charge in [0.05, 0.1) is 17.3 Å². The largest absolute Gasteiger partial charge is 0.116 e. The summed E-state index contributed by atoms with van der Waals surface area (Å²) in [5.41, 5.74) is 2.39. The van der Waals surface area contributed by atoms with Crippen molar-refractivity contribution in [2.24, 2.45) is 0 Å². The molecule has 7 aromatic rings. The number of hydrogen-bond acceptors (Lipinski definition) is 0. The molecule has 228 valence electrons. The summed E-state index contributed by atoms with van der Waals surface area (Å²) in [5, 5.41) is 9.04. The molecular weight excluding hydrogens is 626 g/mol. The fourth-order valence-electron chi connectivity index (χ4n) is 6.93. The lowest BCUT2D eigenvalue weighted by atomic mass is 10.1. The van der Waals surface area contributed by atoms with Crippen molar-refractivity contribution in [2.75, 3.05) is 0 Å². The third-order valence-corrected chi connectivity index (χ3v) is 18.3. The molecule has 3 heteroatoms. The maximum absolute atomic E-state index is 7.68. The van der Waals surface area contributed by atoms with Gasteiger partial charge in [-0.2, -0.15) is 0 Å². The van der Waals surface area contributed by atoms with Gasteiger partial charge in [-0.1, -0.05) is 139 Å². The highest BCUT2D eigenvalue weighted by Gasteiger charge is 2.48. The van der Waals surface area contributed by atoms with E-state index in [1.807, 2.05) is 0 Å². The average Bonchev–Trinajstić information content (AvgIpc) is 3.16. The van der Waals surface area contributed by atoms with Crippen molar-refractivity contribution in [3.63, 3.8) is 0 Å². The molecule has 0 aliphatic heterocycles. The van der Waals surface area contributed by atoms with Crippen LogP contribution in [0.2, 0.25) is 5.02 Å². The van der Waals surface area contributed by atoms with Gasteiger partial charge in [0, 0.05) is 11.1 Å². The molecule has 0 N–H and O–H groups in total. The first kappa shape index (κ1) is 31.3. The quantitative estimate of drug-likeness (QED) is 0.128. The molecule has 0 saturated carbocycles. The van der Waals surface area contributed by atoms with Crippen molar-refractivity contribution in [3.8, 4) is 0 Å². The van der Waals surface area contributed by atoms with Gasteiger partial charge < -0.3 is 0 Å². The van der Waals surface area contributed by atoms with E-state index in [9.17, 15) is 0 Å². The Kier molecular flexibility index (Phi) is 9.46. The standard InChI is InChI=1S/C44H37ClP2/c45-44-36(34-46(38-22-7-1-8-23-38,39-24-9-2-10-25-39)40-26-11-3-12-27-40)20-19-21-37(44)35-47(41-28-13-4-14-29-41,42-30-15-5-16-31-42)43-32-17-6-18-33-43/h1-33H,34-35H2/q+2. The second-order valence-corrected chi connectivity index (χ2v) is 19.2. The Bertz CT molecular complexity index is 1680. The zero-order valence-corrected chi connectivity index (χ0v) is 28.8. The van der Waals surface area contributed by atoms with Crippen molar-refractivity contribution in [1.29, 1.82) is 0 Å². The minimum absolute atomic E-state index is 0.838. The van der Waals surface area contributed by atoms with E-state index in [1.54, 1.807) is 0 Å². The molecule has 7 rings (SSSR count). The molecule has 0 amide bonds. The zero-order valence-electron chi connectivity index (χ0n) is 26.2. The minimum atomic E-state index is -2.12. The maximum atomic E-state index is 7.68.